The lowest BCUT2D eigenvalue weighted by atomic mass is 10.2. The minimum Gasteiger partial charge on any atom is -0.399 e. The summed E-state index contributed by atoms with van der Waals surface area (Å²) < 4.78 is 26.0. The molecular weight excluding hydrogens is 234 g/mol. The van der Waals surface area contributed by atoms with Gasteiger partial charge < -0.3 is 5.73 Å². The van der Waals surface area contributed by atoms with Gasteiger partial charge in [0.1, 0.15) is 0 Å². The second-order valence-electron chi connectivity index (χ2n) is 4.17. The molecule has 88 valence electrons. The lowest BCUT2D eigenvalue weighted by Crippen LogP contribution is -2.25. The van der Waals surface area contributed by atoms with Crippen LogP contribution in [0.15, 0.2) is 18.2 Å². The largest absolute Gasteiger partial charge is 0.399 e. The van der Waals surface area contributed by atoms with E-state index in [2.05, 4.69) is 0 Å². The molecule has 2 rings (SSSR count). The topological polar surface area (TPSA) is 29.3 Å². The molecule has 0 saturated carbocycles. The number of hydrogen-bond donors (Lipinski definition) is 1. The summed E-state index contributed by atoms with van der Waals surface area (Å²) in [5.41, 5.74) is 7.04. The Morgan fingerprint density at radius 2 is 2.19 bits per heavy atom. The van der Waals surface area contributed by atoms with Gasteiger partial charge in [-0.3, -0.25) is 4.90 Å². The van der Waals surface area contributed by atoms with E-state index < -0.39 is 5.92 Å². The van der Waals surface area contributed by atoms with Crippen molar-refractivity contribution in [1.29, 1.82) is 0 Å². The van der Waals surface area contributed by atoms with E-state index in [-0.39, 0.29) is 13.0 Å². The summed E-state index contributed by atoms with van der Waals surface area (Å²) in [4.78, 5) is 1.70. The van der Waals surface area contributed by atoms with Gasteiger partial charge in [0.25, 0.3) is 5.92 Å². The first-order chi connectivity index (χ1) is 7.46. The van der Waals surface area contributed by atoms with Crippen LogP contribution in [0.1, 0.15) is 12.0 Å². The first-order valence-electron chi connectivity index (χ1n) is 5.10. The monoisotopic (exact) mass is 246 g/mol. The molecule has 0 amide bonds. The lowest BCUT2D eigenvalue weighted by molar-refractivity contribution is 0.0115. The molecule has 1 saturated heterocycles. The predicted octanol–water partition coefficient (Wildman–Crippen LogP) is 2.76. The molecule has 16 heavy (non-hydrogen) atoms. The van der Waals surface area contributed by atoms with Crippen molar-refractivity contribution in [2.45, 2.75) is 18.9 Å². The van der Waals surface area contributed by atoms with E-state index in [1.54, 1.807) is 23.1 Å². The maximum Gasteiger partial charge on any atom is 0.261 e. The van der Waals surface area contributed by atoms with Crippen LogP contribution in [0, 0.1) is 0 Å². The normalized spacial score (nSPS) is 20.2. The fourth-order valence-electron chi connectivity index (χ4n) is 1.90. The third kappa shape index (κ3) is 2.62. The van der Waals surface area contributed by atoms with Crippen LogP contribution in [-0.2, 0) is 6.54 Å². The van der Waals surface area contributed by atoms with Gasteiger partial charge in [-0.2, -0.15) is 0 Å². The minimum atomic E-state index is -2.56. The molecular formula is C11H13ClF2N2. The maximum atomic E-state index is 13.0. The Morgan fingerprint density at radius 3 is 2.81 bits per heavy atom. The molecule has 0 radical (unpaired) electrons. The highest BCUT2D eigenvalue weighted by Crippen LogP contribution is 2.29. The van der Waals surface area contributed by atoms with Crippen LogP contribution in [0.5, 0.6) is 0 Å². The van der Waals surface area contributed by atoms with Gasteiger partial charge in [0.15, 0.2) is 0 Å². The van der Waals surface area contributed by atoms with Gasteiger partial charge >= 0.3 is 0 Å². The van der Waals surface area contributed by atoms with Crippen LogP contribution in [0.2, 0.25) is 5.02 Å². The smallest absolute Gasteiger partial charge is 0.261 e. The summed E-state index contributed by atoms with van der Waals surface area (Å²) in [6, 6.07) is 5.13. The highest BCUT2D eigenvalue weighted by atomic mass is 35.5. The molecule has 1 fully saturated rings. The van der Waals surface area contributed by atoms with E-state index in [1.165, 1.54) is 0 Å². The molecule has 0 spiro atoms. The van der Waals surface area contributed by atoms with E-state index in [9.17, 15) is 8.78 Å². The number of rotatable bonds is 2. The number of anilines is 1. The number of likely N-dealkylation sites (tertiary alicyclic amines) is 1. The van der Waals surface area contributed by atoms with Crippen molar-refractivity contribution in [2.75, 3.05) is 18.8 Å². The van der Waals surface area contributed by atoms with Gasteiger partial charge in [-0.25, -0.2) is 8.78 Å². The number of hydrogen-bond acceptors (Lipinski definition) is 2. The number of nitrogens with zero attached hydrogens (tertiary/aromatic N) is 1. The predicted molar refractivity (Wildman–Crippen MR) is 60.7 cm³/mol. The summed E-state index contributed by atoms with van der Waals surface area (Å²) in [6.07, 6.45) is -0.0765. The highest BCUT2D eigenvalue weighted by Gasteiger charge is 2.38. The highest BCUT2D eigenvalue weighted by molar-refractivity contribution is 6.31. The molecule has 0 unspecified atom stereocenters. The molecule has 2 N–H and O–H groups in total. The average molecular weight is 247 g/mol. The summed E-state index contributed by atoms with van der Waals surface area (Å²) in [6.45, 7) is 0.635. The van der Waals surface area contributed by atoms with Gasteiger partial charge in [0.05, 0.1) is 6.54 Å². The van der Waals surface area contributed by atoms with Crippen molar-refractivity contribution >= 4 is 17.3 Å². The van der Waals surface area contributed by atoms with Gasteiger partial charge in [-0.05, 0) is 23.8 Å². The molecule has 1 aromatic carbocycles. The maximum absolute atomic E-state index is 13.0. The Labute approximate surface area is 98.0 Å². The molecule has 0 bridgehead atoms. The molecule has 1 aromatic rings. The third-order valence-corrected chi connectivity index (χ3v) is 3.08. The number of nitrogen functional groups attached to an aromatic ring is 1. The summed E-state index contributed by atoms with van der Waals surface area (Å²) in [5, 5.41) is 0.574. The molecule has 5 heteroatoms. The van der Waals surface area contributed by atoms with Crippen molar-refractivity contribution in [2.24, 2.45) is 0 Å². The SMILES string of the molecule is Nc1ccc(Cl)c(CN2CCC(F)(F)C2)c1. The molecule has 1 heterocycles. The molecule has 0 aromatic heterocycles. The van der Waals surface area contributed by atoms with Crippen molar-refractivity contribution in [3.8, 4) is 0 Å². The van der Waals surface area contributed by atoms with Crippen LogP contribution in [0.4, 0.5) is 14.5 Å². The minimum absolute atomic E-state index is 0.0765. The third-order valence-electron chi connectivity index (χ3n) is 2.71. The van der Waals surface area contributed by atoms with E-state index in [0.717, 1.165) is 5.56 Å². The van der Waals surface area contributed by atoms with Crippen molar-refractivity contribution < 1.29 is 8.78 Å². The second-order valence-corrected chi connectivity index (χ2v) is 4.57. The van der Waals surface area contributed by atoms with E-state index >= 15 is 0 Å². The average Bonchev–Trinajstić information content (AvgIpc) is 2.52. The first kappa shape index (κ1) is 11.6. The Bertz CT molecular complexity index is 396. The van der Waals surface area contributed by atoms with Crippen molar-refractivity contribution in [3.05, 3.63) is 28.8 Å². The summed E-state index contributed by atoms with van der Waals surface area (Å²) >= 11 is 5.98. The number of benzene rings is 1. The van der Waals surface area contributed by atoms with Crippen LogP contribution in [0.25, 0.3) is 0 Å². The Balaban J connectivity index is 2.07. The fourth-order valence-corrected chi connectivity index (χ4v) is 2.08. The molecule has 1 aliphatic rings. The van der Waals surface area contributed by atoms with Crippen molar-refractivity contribution in [3.63, 3.8) is 0 Å². The molecule has 2 nitrogen and oxygen atoms in total. The van der Waals surface area contributed by atoms with E-state index in [4.69, 9.17) is 17.3 Å². The zero-order chi connectivity index (χ0) is 11.8. The van der Waals surface area contributed by atoms with Gasteiger partial charge in [0.2, 0.25) is 0 Å². The second kappa shape index (κ2) is 4.18. The van der Waals surface area contributed by atoms with Crippen LogP contribution in [-0.4, -0.2) is 23.9 Å². The number of alkyl halides is 2. The summed E-state index contributed by atoms with van der Waals surface area (Å²) in [7, 11) is 0. The Kier molecular flexibility index (Phi) is 3.04. The molecule has 0 aliphatic carbocycles. The van der Waals surface area contributed by atoms with E-state index in [1.807, 2.05) is 0 Å². The standard InChI is InChI=1S/C11H13ClF2N2/c12-10-2-1-9(15)5-8(10)6-16-4-3-11(13,14)7-16/h1-2,5H,3-4,6-7,15H2. The lowest BCUT2D eigenvalue weighted by Gasteiger charge is -2.16. The number of halogens is 3. The fraction of sp³-hybridized carbons (Fsp3) is 0.455. The van der Waals surface area contributed by atoms with Crippen molar-refractivity contribution in [1.82, 2.24) is 4.90 Å². The number of nitrogens with two attached hydrogens (primary N) is 1. The summed E-state index contributed by atoms with van der Waals surface area (Å²) in [5.74, 6) is -2.56. The molecule has 0 atom stereocenters. The van der Waals surface area contributed by atoms with Gasteiger partial charge in [-0.15, -0.1) is 0 Å². The van der Waals surface area contributed by atoms with Crippen LogP contribution >= 0.6 is 11.6 Å². The van der Waals surface area contributed by atoms with Crippen LogP contribution in [0.3, 0.4) is 0 Å². The van der Waals surface area contributed by atoms with Crippen LogP contribution < -0.4 is 5.73 Å². The zero-order valence-electron chi connectivity index (χ0n) is 8.72. The molecule has 1 aliphatic heterocycles. The Hall–Kier alpha value is -0.870. The zero-order valence-corrected chi connectivity index (χ0v) is 9.47. The van der Waals surface area contributed by atoms with Gasteiger partial charge in [-0.1, -0.05) is 11.6 Å². The quantitative estimate of drug-likeness (QED) is 0.813. The van der Waals surface area contributed by atoms with Gasteiger partial charge in [0, 0.05) is 30.2 Å². The van der Waals surface area contributed by atoms with E-state index in [0.29, 0.717) is 23.8 Å². The Morgan fingerprint density at radius 1 is 1.44 bits per heavy atom. The first-order valence-corrected chi connectivity index (χ1v) is 5.48.